The molecule has 1 fully saturated rings. The van der Waals surface area contributed by atoms with E-state index in [9.17, 15) is 9.90 Å². The quantitative estimate of drug-likeness (QED) is 0.438. The first kappa shape index (κ1) is 30.8. The number of likely N-dealkylation sites (tertiary alicyclic amines) is 1. The maximum absolute atomic E-state index is 12.0. The minimum absolute atomic E-state index is 0. The van der Waals surface area contributed by atoms with Crippen molar-refractivity contribution in [1.82, 2.24) is 24.8 Å². The molecule has 0 unspecified atom stereocenters. The van der Waals surface area contributed by atoms with Gasteiger partial charge in [-0.2, -0.15) is 5.10 Å². The van der Waals surface area contributed by atoms with Gasteiger partial charge >= 0.3 is 0 Å². The van der Waals surface area contributed by atoms with Crippen molar-refractivity contribution in [3.05, 3.63) is 70.2 Å². The third-order valence-corrected chi connectivity index (χ3v) is 6.95. The number of nitrogens with one attached hydrogen (secondary N) is 1. The third kappa shape index (κ3) is 7.32. The van der Waals surface area contributed by atoms with E-state index in [1.165, 1.54) is 11.1 Å². The van der Waals surface area contributed by atoms with Crippen molar-refractivity contribution in [3.63, 3.8) is 0 Å². The number of rotatable bonds is 8. The second kappa shape index (κ2) is 13.4. The van der Waals surface area contributed by atoms with E-state index < -0.39 is 5.60 Å². The smallest absolute Gasteiger partial charge is 0.236 e. The molecule has 1 aromatic carbocycles. The highest BCUT2D eigenvalue weighted by atomic mass is 35.5. The molecule has 1 amide bonds. The summed E-state index contributed by atoms with van der Waals surface area (Å²) in [6.45, 7) is 7.80. The van der Waals surface area contributed by atoms with Crippen LogP contribution in [0.2, 0.25) is 0 Å². The number of fused-ring (bicyclic) bond motifs is 1. The number of aryl methyl sites for hydroxylation is 3. The van der Waals surface area contributed by atoms with Crippen LogP contribution in [0.1, 0.15) is 60.0 Å². The van der Waals surface area contributed by atoms with E-state index in [1.807, 2.05) is 16.3 Å². The van der Waals surface area contributed by atoms with Crippen LogP contribution in [-0.4, -0.2) is 62.8 Å². The first-order chi connectivity index (χ1) is 16.8. The molecule has 1 aliphatic heterocycles. The molecule has 37 heavy (non-hydrogen) atoms. The van der Waals surface area contributed by atoms with Crippen LogP contribution >= 0.6 is 24.8 Å². The lowest BCUT2D eigenvalue weighted by Crippen LogP contribution is -2.48. The predicted molar refractivity (Wildman–Crippen MR) is 154 cm³/mol. The van der Waals surface area contributed by atoms with E-state index in [4.69, 9.17) is 10.1 Å². The van der Waals surface area contributed by atoms with Crippen LogP contribution in [-0.2, 0) is 17.6 Å². The first-order valence-corrected chi connectivity index (χ1v) is 12.6. The Morgan fingerprint density at radius 2 is 1.84 bits per heavy atom. The van der Waals surface area contributed by atoms with Crippen molar-refractivity contribution in [2.24, 2.45) is 0 Å². The van der Waals surface area contributed by atoms with Gasteiger partial charge in [-0.3, -0.25) is 4.79 Å². The summed E-state index contributed by atoms with van der Waals surface area (Å²) in [7, 11) is 1.77. The van der Waals surface area contributed by atoms with Gasteiger partial charge in [0.2, 0.25) is 5.91 Å². The van der Waals surface area contributed by atoms with Crippen molar-refractivity contribution >= 4 is 42.4 Å². The Morgan fingerprint density at radius 3 is 2.46 bits per heavy atom. The summed E-state index contributed by atoms with van der Waals surface area (Å²) in [5.74, 6) is 0.0985. The zero-order valence-corrected chi connectivity index (χ0v) is 23.8. The topological polar surface area (TPSA) is 82.8 Å². The summed E-state index contributed by atoms with van der Waals surface area (Å²) >= 11 is 0. The third-order valence-electron chi connectivity index (χ3n) is 6.95. The number of hydrogen-bond acceptors (Lipinski definition) is 5. The predicted octanol–water partition coefficient (Wildman–Crippen LogP) is 4.32. The number of likely N-dealkylation sites (N-methyl/N-ethyl adjacent to an activating group) is 1. The highest BCUT2D eigenvalue weighted by Gasteiger charge is 2.32. The van der Waals surface area contributed by atoms with Gasteiger partial charge in [-0.1, -0.05) is 43.3 Å². The number of piperidine rings is 1. The van der Waals surface area contributed by atoms with Gasteiger partial charge in [0.25, 0.3) is 0 Å². The molecule has 2 N–H and O–H groups in total. The number of hydrogen-bond donors (Lipinski definition) is 2. The second-order valence-electron chi connectivity index (χ2n) is 9.71. The van der Waals surface area contributed by atoms with Crippen LogP contribution in [0, 0.1) is 13.8 Å². The molecule has 4 rings (SSSR count). The lowest BCUT2D eigenvalue weighted by atomic mass is 9.88. The Morgan fingerprint density at radius 1 is 1.16 bits per heavy atom. The first-order valence-electron chi connectivity index (χ1n) is 12.6. The standard InChI is InChI=1S/C28H37N5O2.2ClH/c1-5-25-24(27-30-20(2)17-21(3)33(27)31-25)18-23-10-8-22(9-11-23)7-6-12-28(35)13-15-32(16-14-28)26(34)19-29-4;;/h6-11,17,29,35H,5,12-16,18-19H2,1-4H3;2*1H. The molecule has 2 aromatic heterocycles. The van der Waals surface area contributed by atoms with Crippen molar-refractivity contribution < 1.29 is 9.90 Å². The van der Waals surface area contributed by atoms with Gasteiger partial charge in [-0.25, -0.2) is 9.50 Å². The molecule has 0 spiro atoms. The van der Waals surface area contributed by atoms with Crippen LogP contribution in [0.3, 0.4) is 0 Å². The maximum Gasteiger partial charge on any atom is 0.236 e. The molecule has 0 radical (unpaired) electrons. The lowest BCUT2D eigenvalue weighted by Gasteiger charge is -2.37. The van der Waals surface area contributed by atoms with Crippen LogP contribution in [0.4, 0.5) is 0 Å². The summed E-state index contributed by atoms with van der Waals surface area (Å²) in [5.41, 5.74) is 6.96. The Balaban J connectivity index is 0.00000241. The number of nitrogens with zero attached hydrogens (tertiary/aromatic N) is 4. The number of benzene rings is 1. The van der Waals surface area contributed by atoms with Gasteiger partial charge in [-0.05, 0) is 63.8 Å². The Labute approximate surface area is 232 Å². The number of aromatic nitrogens is 3. The fourth-order valence-corrected chi connectivity index (χ4v) is 4.88. The average molecular weight is 549 g/mol. The van der Waals surface area contributed by atoms with Crippen molar-refractivity contribution in [3.8, 4) is 0 Å². The zero-order valence-electron chi connectivity index (χ0n) is 22.2. The second-order valence-corrected chi connectivity index (χ2v) is 9.71. The molecule has 3 aromatic rings. The molecule has 1 aliphatic rings. The van der Waals surface area contributed by atoms with Crippen molar-refractivity contribution in [2.75, 3.05) is 26.7 Å². The Bertz CT molecular complexity index is 1220. The van der Waals surface area contributed by atoms with E-state index >= 15 is 0 Å². The minimum Gasteiger partial charge on any atom is -0.389 e. The molecule has 7 nitrogen and oxygen atoms in total. The summed E-state index contributed by atoms with van der Waals surface area (Å²) in [6, 6.07) is 10.6. The molecule has 0 aliphatic carbocycles. The number of carbonyl (C=O) groups excluding carboxylic acids is 1. The number of amides is 1. The van der Waals surface area contributed by atoms with Crippen molar-refractivity contribution in [1.29, 1.82) is 0 Å². The van der Waals surface area contributed by atoms with Crippen LogP contribution in [0.5, 0.6) is 0 Å². The average Bonchev–Trinajstić information content (AvgIpc) is 3.18. The lowest BCUT2D eigenvalue weighted by molar-refractivity contribution is -0.134. The summed E-state index contributed by atoms with van der Waals surface area (Å²) in [4.78, 5) is 18.6. The van der Waals surface area contributed by atoms with Gasteiger partial charge in [0.05, 0.1) is 17.8 Å². The molecular formula is C28H39Cl2N5O2. The minimum atomic E-state index is -0.740. The number of carbonyl (C=O) groups is 1. The van der Waals surface area contributed by atoms with Crippen LogP contribution in [0.25, 0.3) is 11.7 Å². The van der Waals surface area contributed by atoms with Crippen LogP contribution in [0.15, 0.2) is 36.4 Å². The van der Waals surface area contributed by atoms with Crippen molar-refractivity contribution in [2.45, 2.75) is 58.5 Å². The highest BCUT2D eigenvalue weighted by Crippen LogP contribution is 2.27. The fraction of sp³-hybridized carbons (Fsp3) is 0.464. The molecule has 0 atom stereocenters. The molecule has 3 heterocycles. The van der Waals surface area contributed by atoms with E-state index in [-0.39, 0.29) is 30.7 Å². The van der Waals surface area contributed by atoms with E-state index in [1.54, 1.807) is 7.05 Å². The van der Waals surface area contributed by atoms with E-state index in [2.05, 4.69) is 61.6 Å². The molecule has 0 bridgehead atoms. The monoisotopic (exact) mass is 547 g/mol. The normalized spacial score (nSPS) is 15.0. The van der Waals surface area contributed by atoms with E-state index in [0.29, 0.717) is 38.9 Å². The SMILES string of the molecule is CCc1nn2c(C)cc(C)nc2c1Cc1ccc(C=CCC2(O)CCN(C(=O)CNC)CC2)cc1.Cl.Cl. The van der Waals surface area contributed by atoms with Crippen LogP contribution < -0.4 is 5.32 Å². The highest BCUT2D eigenvalue weighted by molar-refractivity contribution is 5.85. The van der Waals surface area contributed by atoms with Gasteiger partial charge in [0.15, 0.2) is 5.65 Å². The molecule has 0 saturated carbocycles. The van der Waals surface area contributed by atoms with Gasteiger partial charge in [-0.15, -0.1) is 24.8 Å². The Kier molecular flexibility index (Phi) is 11.1. The van der Waals surface area contributed by atoms with Gasteiger partial charge < -0.3 is 15.3 Å². The Hall–Kier alpha value is -2.45. The molecule has 1 saturated heterocycles. The summed E-state index contributed by atoms with van der Waals surface area (Å²) in [6.07, 6.45) is 7.61. The summed E-state index contributed by atoms with van der Waals surface area (Å²) < 4.78 is 1.96. The molecule has 202 valence electrons. The van der Waals surface area contributed by atoms with Gasteiger partial charge in [0.1, 0.15) is 0 Å². The molecule has 9 heteroatoms. The zero-order chi connectivity index (χ0) is 25.0. The number of halogens is 2. The summed E-state index contributed by atoms with van der Waals surface area (Å²) in [5, 5.41) is 18.6. The largest absolute Gasteiger partial charge is 0.389 e. The number of aliphatic hydroxyl groups is 1. The van der Waals surface area contributed by atoms with E-state index in [0.717, 1.165) is 41.1 Å². The maximum atomic E-state index is 12.0. The molecular weight excluding hydrogens is 509 g/mol. The fourth-order valence-electron chi connectivity index (χ4n) is 4.88. The van der Waals surface area contributed by atoms with Gasteiger partial charge in [0, 0.05) is 36.5 Å².